The number of hydrogen-bond acceptors (Lipinski definition) is 3. The van der Waals surface area contributed by atoms with Gasteiger partial charge in [-0.3, -0.25) is 0 Å². The van der Waals surface area contributed by atoms with Crippen LogP contribution < -0.4 is 5.32 Å². The second-order valence-electron chi connectivity index (χ2n) is 2.97. The molecule has 0 amide bonds. The van der Waals surface area contributed by atoms with Crippen LogP contribution in [0.1, 0.15) is 5.82 Å². The van der Waals surface area contributed by atoms with Gasteiger partial charge in [0, 0.05) is 0 Å². The average Bonchev–Trinajstić information content (AvgIpc) is 2.68. The van der Waals surface area contributed by atoms with Crippen molar-refractivity contribution < 1.29 is 0 Å². The highest BCUT2D eigenvalue weighted by Crippen LogP contribution is 2.04. The summed E-state index contributed by atoms with van der Waals surface area (Å²) in [7, 11) is 1.88. The van der Waals surface area contributed by atoms with E-state index in [1.807, 2.05) is 37.4 Å². The van der Waals surface area contributed by atoms with Crippen LogP contribution in [-0.4, -0.2) is 21.8 Å². The van der Waals surface area contributed by atoms with Gasteiger partial charge in [0.05, 0.1) is 12.2 Å². The Hall–Kier alpha value is -1.68. The molecule has 1 aromatic carbocycles. The van der Waals surface area contributed by atoms with Crippen LogP contribution in [-0.2, 0) is 6.54 Å². The molecule has 0 atom stereocenters. The second kappa shape index (κ2) is 4.02. The number of hydrogen-bond donors (Lipinski definition) is 1. The Labute approximate surface area is 82.6 Å². The average molecular weight is 188 g/mol. The van der Waals surface area contributed by atoms with E-state index in [4.69, 9.17) is 0 Å². The summed E-state index contributed by atoms with van der Waals surface area (Å²) in [6.07, 6.45) is 1.72. The fourth-order valence-electron chi connectivity index (χ4n) is 1.24. The molecule has 4 heteroatoms. The maximum absolute atomic E-state index is 4.31. The Morgan fingerprint density at radius 2 is 2.07 bits per heavy atom. The third-order valence-corrected chi connectivity index (χ3v) is 1.89. The summed E-state index contributed by atoms with van der Waals surface area (Å²) in [5, 5.41) is 7.32. The first kappa shape index (κ1) is 8.90. The molecule has 2 rings (SSSR count). The van der Waals surface area contributed by atoms with Gasteiger partial charge in [0.25, 0.3) is 0 Å². The van der Waals surface area contributed by atoms with Gasteiger partial charge in [0.1, 0.15) is 6.33 Å². The molecule has 2 aromatic rings. The van der Waals surface area contributed by atoms with Crippen LogP contribution in [0, 0.1) is 0 Å². The molecule has 0 bridgehead atoms. The molecule has 1 aromatic heterocycles. The highest BCUT2D eigenvalue weighted by atomic mass is 15.3. The fraction of sp³-hybridized carbons (Fsp3) is 0.200. The fourth-order valence-corrected chi connectivity index (χ4v) is 1.24. The van der Waals surface area contributed by atoms with Gasteiger partial charge in [-0.1, -0.05) is 18.2 Å². The van der Waals surface area contributed by atoms with E-state index in [0.29, 0.717) is 6.54 Å². The summed E-state index contributed by atoms with van der Waals surface area (Å²) in [5.74, 6) is 0.802. The smallest absolute Gasteiger partial charge is 0.164 e. The Morgan fingerprint density at radius 1 is 1.29 bits per heavy atom. The molecule has 0 fully saturated rings. The summed E-state index contributed by atoms with van der Waals surface area (Å²) in [5.41, 5.74) is 1.03. The molecule has 4 nitrogen and oxygen atoms in total. The van der Waals surface area contributed by atoms with Crippen molar-refractivity contribution in [2.45, 2.75) is 6.54 Å². The largest absolute Gasteiger partial charge is 0.313 e. The monoisotopic (exact) mass is 188 g/mol. The highest BCUT2D eigenvalue weighted by Gasteiger charge is 1.99. The van der Waals surface area contributed by atoms with Gasteiger partial charge in [0.2, 0.25) is 0 Å². The molecule has 0 aliphatic heterocycles. The summed E-state index contributed by atoms with van der Waals surface area (Å²) in [4.78, 5) is 4.17. The van der Waals surface area contributed by atoms with Crippen molar-refractivity contribution in [3.8, 4) is 5.69 Å². The van der Waals surface area contributed by atoms with Gasteiger partial charge in [-0.05, 0) is 19.2 Å². The van der Waals surface area contributed by atoms with E-state index in [2.05, 4.69) is 15.4 Å². The summed E-state index contributed by atoms with van der Waals surface area (Å²) >= 11 is 0. The molecule has 0 radical (unpaired) electrons. The normalized spacial score (nSPS) is 10.4. The molecule has 0 unspecified atom stereocenters. The van der Waals surface area contributed by atoms with Crippen LogP contribution in [0.4, 0.5) is 0 Å². The zero-order valence-electron chi connectivity index (χ0n) is 8.01. The number of benzene rings is 1. The van der Waals surface area contributed by atoms with Crippen LogP contribution in [0.2, 0.25) is 0 Å². The van der Waals surface area contributed by atoms with Crippen LogP contribution >= 0.6 is 0 Å². The maximum Gasteiger partial charge on any atom is 0.164 e. The van der Waals surface area contributed by atoms with Gasteiger partial charge in [-0.2, -0.15) is 0 Å². The first-order valence-corrected chi connectivity index (χ1v) is 4.51. The van der Waals surface area contributed by atoms with Gasteiger partial charge >= 0.3 is 0 Å². The zero-order chi connectivity index (χ0) is 9.80. The lowest BCUT2D eigenvalue weighted by Gasteiger charge is -1.97. The second-order valence-corrected chi connectivity index (χ2v) is 2.97. The maximum atomic E-state index is 4.31. The van der Waals surface area contributed by atoms with Crippen molar-refractivity contribution >= 4 is 0 Å². The summed E-state index contributed by atoms with van der Waals surface area (Å²) < 4.78 is 1.77. The first-order chi connectivity index (χ1) is 6.90. The SMILES string of the molecule is CNCc1ncn(-c2ccccc2)n1. The summed E-state index contributed by atoms with van der Waals surface area (Å²) in [6.45, 7) is 0.694. The van der Waals surface area contributed by atoms with E-state index in [-0.39, 0.29) is 0 Å². The molecule has 1 heterocycles. The van der Waals surface area contributed by atoms with E-state index < -0.39 is 0 Å². The van der Waals surface area contributed by atoms with Crippen molar-refractivity contribution in [2.75, 3.05) is 7.05 Å². The van der Waals surface area contributed by atoms with E-state index in [9.17, 15) is 0 Å². The van der Waals surface area contributed by atoms with Crippen LogP contribution in [0.3, 0.4) is 0 Å². The van der Waals surface area contributed by atoms with Crippen molar-refractivity contribution in [1.29, 1.82) is 0 Å². The third-order valence-electron chi connectivity index (χ3n) is 1.89. The molecular weight excluding hydrogens is 176 g/mol. The lowest BCUT2D eigenvalue weighted by atomic mass is 10.3. The third kappa shape index (κ3) is 1.80. The van der Waals surface area contributed by atoms with Gasteiger partial charge in [-0.15, -0.1) is 5.10 Å². The minimum atomic E-state index is 0.694. The molecule has 0 saturated heterocycles. The number of para-hydroxylation sites is 1. The van der Waals surface area contributed by atoms with Gasteiger partial charge < -0.3 is 5.32 Å². The van der Waals surface area contributed by atoms with Gasteiger partial charge in [-0.25, -0.2) is 9.67 Å². The van der Waals surface area contributed by atoms with Crippen molar-refractivity contribution in [1.82, 2.24) is 20.1 Å². The van der Waals surface area contributed by atoms with Crippen molar-refractivity contribution in [2.24, 2.45) is 0 Å². The van der Waals surface area contributed by atoms with Crippen LogP contribution in [0.5, 0.6) is 0 Å². The molecule has 14 heavy (non-hydrogen) atoms. The minimum absolute atomic E-state index is 0.694. The van der Waals surface area contributed by atoms with Crippen LogP contribution in [0.15, 0.2) is 36.7 Å². The summed E-state index contributed by atoms with van der Waals surface area (Å²) in [6, 6.07) is 9.94. The topological polar surface area (TPSA) is 42.7 Å². The molecule has 1 N–H and O–H groups in total. The molecule has 0 spiro atoms. The quantitative estimate of drug-likeness (QED) is 0.781. The Morgan fingerprint density at radius 3 is 2.79 bits per heavy atom. The van der Waals surface area contributed by atoms with Crippen molar-refractivity contribution in [3.63, 3.8) is 0 Å². The van der Waals surface area contributed by atoms with E-state index >= 15 is 0 Å². The predicted octanol–water partition coefficient (Wildman–Crippen LogP) is 0.987. The van der Waals surface area contributed by atoms with Gasteiger partial charge in [0.15, 0.2) is 5.82 Å². The number of aromatic nitrogens is 3. The Bertz CT molecular complexity index is 394. The lowest BCUT2D eigenvalue weighted by Crippen LogP contribution is -2.07. The van der Waals surface area contributed by atoms with E-state index in [1.54, 1.807) is 11.0 Å². The molecular formula is C10H12N4. The standard InChI is InChI=1S/C10H12N4/c1-11-7-10-12-8-14(13-10)9-5-3-2-4-6-9/h2-6,8,11H,7H2,1H3. The zero-order valence-corrected chi connectivity index (χ0v) is 8.01. The number of nitrogens with zero attached hydrogens (tertiary/aromatic N) is 3. The number of rotatable bonds is 3. The lowest BCUT2D eigenvalue weighted by molar-refractivity contribution is 0.744. The molecule has 0 aliphatic carbocycles. The molecule has 0 saturated carbocycles. The van der Waals surface area contributed by atoms with Crippen LogP contribution in [0.25, 0.3) is 5.69 Å². The van der Waals surface area contributed by atoms with E-state index in [0.717, 1.165) is 11.5 Å². The first-order valence-electron chi connectivity index (χ1n) is 4.51. The highest BCUT2D eigenvalue weighted by molar-refractivity contribution is 5.29. The minimum Gasteiger partial charge on any atom is -0.313 e. The Balaban J connectivity index is 2.25. The van der Waals surface area contributed by atoms with Crippen molar-refractivity contribution in [3.05, 3.63) is 42.5 Å². The predicted molar refractivity (Wildman–Crippen MR) is 54.1 cm³/mol. The number of nitrogens with one attached hydrogen (secondary N) is 1. The Kier molecular flexibility index (Phi) is 2.55. The molecule has 72 valence electrons. The van der Waals surface area contributed by atoms with E-state index in [1.165, 1.54) is 0 Å². The molecule has 0 aliphatic rings.